The van der Waals surface area contributed by atoms with E-state index in [1.54, 1.807) is 12.4 Å². The molecule has 0 bridgehead atoms. The summed E-state index contributed by atoms with van der Waals surface area (Å²) in [6.07, 6.45) is 3.24. The van der Waals surface area contributed by atoms with Gasteiger partial charge in [-0.25, -0.2) is 0 Å². The quantitative estimate of drug-likeness (QED) is 0.711. The summed E-state index contributed by atoms with van der Waals surface area (Å²) in [5.74, 6) is 0. The molecule has 0 aliphatic heterocycles. The van der Waals surface area contributed by atoms with Crippen molar-refractivity contribution < 1.29 is 0 Å². The molecular weight excluding hydrogens is 162 g/mol. The third-order valence-corrected chi connectivity index (χ3v) is 1.45. The zero-order valence-electron chi connectivity index (χ0n) is 8.13. The predicted octanol–water partition coefficient (Wildman–Crippen LogP) is 2.16. The van der Waals surface area contributed by atoms with Gasteiger partial charge in [0.2, 0.25) is 0 Å². The first kappa shape index (κ1) is 9.53. The van der Waals surface area contributed by atoms with Gasteiger partial charge in [0.15, 0.2) is 0 Å². The van der Waals surface area contributed by atoms with Crippen LogP contribution in [0.25, 0.3) is 0 Å². The summed E-state index contributed by atoms with van der Waals surface area (Å²) in [4.78, 5) is 3.88. The van der Waals surface area contributed by atoms with Crippen molar-refractivity contribution in [1.29, 1.82) is 5.26 Å². The highest BCUT2D eigenvalue weighted by molar-refractivity contribution is 5.56. The third kappa shape index (κ3) is 2.75. The van der Waals surface area contributed by atoms with Crippen molar-refractivity contribution >= 4 is 5.69 Å². The molecule has 1 heterocycles. The number of nitrogens with one attached hydrogen (secondary N) is 1. The number of rotatable bonds is 1. The van der Waals surface area contributed by atoms with Crippen molar-refractivity contribution in [2.45, 2.75) is 26.3 Å². The lowest BCUT2D eigenvalue weighted by atomic mass is 10.1. The third-order valence-electron chi connectivity index (χ3n) is 1.45. The van der Waals surface area contributed by atoms with Crippen LogP contribution < -0.4 is 5.32 Å². The van der Waals surface area contributed by atoms with E-state index >= 15 is 0 Å². The monoisotopic (exact) mass is 175 g/mol. The van der Waals surface area contributed by atoms with Crippen molar-refractivity contribution in [2.24, 2.45) is 0 Å². The van der Waals surface area contributed by atoms with Crippen molar-refractivity contribution in [3.63, 3.8) is 0 Å². The van der Waals surface area contributed by atoms with Crippen molar-refractivity contribution in [3.05, 3.63) is 24.0 Å². The van der Waals surface area contributed by atoms with E-state index in [1.165, 1.54) is 0 Å². The molecular formula is C10H13N3. The summed E-state index contributed by atoms with van der Waals surface area (Å²) >= 11 is 0. The second-order valence-corrected chi connectivity index (χ2v) is 3.91. The maximum atomic E-state index is 8.79. The molecule has 1 N–H and O–H groups in total. The smallest absolute Gasteiger partial charge is 0.103 e. The van der Waals surface area contributed by atoms with E-state index < -0.39 is 0 Å². The molecule has 68 valence electrons. The number of pyridine rings is 1. The average molecular weight is 175 g/mol. The van der Waals surface area contributed by atoms with Gasteiger partial charge in [0.25, 0.3) is 0 Å². The van der Waals surface area contributed by atoms with Gasteiger partial charge in [-0.1, -0.05) is 0 Å². The van der Waals surface area contributed by atoms with Gasteiger partial charge >= 0.3 is 0 Å². The first-order valence-electron chi connectivity index (χ1n) is 4.15. The SMILES string of the molecule is CC(C)(C)Nc1ccncc1C#N. The topological polar surface area (TPSA) is 48.7 Å². The Morgan fingerprint density at radius 1 is 1.46 bits per heavy atom. The zero-order chi connectivity index (χ0) is 9.90. The second-order valence-electron chi connectivity index (χ2n) is 3.91. The van der Waals surface area contributed by atoms with Crippen LogP contribution in [-0.4, -0.2) is 10.5 Å². The van der Waals surface area contributed by atoms with Crippen molar-refractivity contribution in [1.82, 2.24) is 4.98 Å². The molecule has 0 radical (unpaired) electrons. The molecule has 0 atom stereocenters. The van der Waals surface area contributed by atoms with Crippen LogP contribution in [-0.2, 0) is 0 Å². The highest BCUT2D eigenvalue weighted by Crippen LogP contribution is 2.17. The lowest BCUT2D eigenvalue weighted by molar-refractivity contribution is 0.633. The number of hydrogen-bond donors (Lipinski definition) is 1. The molecule has 0 fully saturated rings. The molecule has 0 spiro atoms. The fourth-order valence-corrected chi connectivity index (χ4v) is 0.997. The Balaban J connectivity index is 2.96. The number of hydrogen-bond acceptors (Lipinski definition) is 3. The Hall–Kier alpha value is -1.56. The number of nitrogens with zero attached hydrogens (tertiary/aromatic N) is 2. The Labute approximate surface area is 78.4 Å². The van der Waals surface area contributed by atoms with Gasteiger partial charge in [-0.05, 0) is 26.8 Å². The summed E-state index contributed by atoms with van der Waals surface area (Å²) in [6.45, 7) is 6.15. The number of anilines is 1. The van der Waals surface area contributed by atoms with Crippen LogP contribution in [0.2, 0.25) is 0 Å². The van der Waals surface area contributed by atoms with Gasteiger partial charge in [0, 0.05) is 17.9 Å². The molecule has 0 amide bonds. The van der Waals surface area contributed by atoms with Crippen LogP contribution in [0.4, 0.5) is 5.69 Å². The first-order valence-corrected chi connectivity index (χ1v) is 4.15. The summed E-state index contributed by atoms with van der Waals surface area (Å²) in [5.41, 5.74) is 1.38. The lowest BCUT2D eigenvalue weighted by Crippen LogP contribution is -2.26. The second kappa shape index (κ2) is 3.44. The first-order chi connectivity index (χ1) is 6.03. The van der Waals surface area contributed by atoms with Crippen LogP contribution in [0, 0.1) is 11.3 Å². The van der Waals surface area contributed by atoms with Crippen LogP contribution in [0.5, 0.6) is 0 Å². The molecule has 3 nitrogen and oxygen atoms in total. The normalized spacial score (nSPS) is 10.6. The Kier molecular flexibility index (Phi) is 2.52. The Morgan fingerprint density at radius 3 is 2.69 bits per heavy atom. The fourth-order valence-electron chi connectivity index (χ4n) is 0.997. The van der Waals surface area contributed by atoms with Gasteiger partial charge in [-0.15, -0.1) is 0 Å². The van der Waals surface area contributed by atoms with E-state index in [1.807, 2.05) is 6.07 Å². The van der Waals surface area contributed by atoms with E-state index in [0.29, 0.717) is 5.56 Å². The van der Waals surface area contributed by atoms with Gasteiger partial charge in [0.1, 0.15) is 6.07 Å². The summed E-state index contributed by atoms with van der Waals surface area (Å²) in [7, 11) is 0. The minimum absolute atomic E-state index is 0.0348. The fraction of sp³-hybridized carbons (Fsp3) is 0.400. The standard InChI is InChI=1S/C10H13N3/c1-10(2,3)13-9-4-5-12-7-8(9)6-11/h4-5,7H,1-3H3,(H,12,13). The average Bonchev–Trinajstić information content (AvgIpc) is 2.02. The summed E-state index contributed by atoms with van der Waals surface area (Å²) in [5, 5.41) is 12.0. The molecule has 1 aromatic heterocycles. The summed E-state index contributed by atoms with van der Waals surface area (Å²) in [6, 6.07) is 3.90. The van der Waals surface area contributed by atoms with Crippen LogP contribution >= 0.6 is 0 Å². The van der Waals surface area contributed by atoms with Gasteiger partial charge in [-0.3, -0.25) is 4.98 Å². The molecule has 0 aliphatic carbocycles. The lowest BCUT2D eigenvalue weighted by Gasteiger charge is -2.22. The highest BCUT2D eigenvalue weighted by Gasteiger charge is 2.11. The van der Waals surface area contributed by atoms with Gasteiger partial charge < -0.3 is 5.32 Å². The van der Waals surface area contributed by atoms with Crippen LogP contribution in [0.3, 0.4) is 0 Å². The van der Waals surface area contributed by atoms with E-state index in [2.05, 4.69) is 37.1 Å². The molecule has 0 aromatic carbocycles. The Morgan fingerprint density at radius 2 is 2.15 bits per heavy atom. The highest BCUT2D eigenvalue weighted by atomic mass is 15.0. The largest absolute Gasteiger partial charge is 0.379 e. The van der Waals surface area contributed by atoms with E-state index in [4.69, 9.17) is 5.26 Å². The van der Waals surface area contributed by atoms with E-state index in [-0.39, 0.29) is 5.54 Å². The summed E-state index contributed by atoms with van der Waals surface area (Å²) < 4.78 is 0. The van der Waals surface area contributed by atoms with Gasteiger partial charge in [0.05, 0.1) is 11.3 Å². The minimum atomic E-state index is -0.0348. The van der Waals surface area contributed by atoms with Crippen molar-refractivity contribution in [2.75, 3.05) is 5.32 Å². The minimum Gasteiger partial charge on any atom is -0.379 e. The molecule has 0 unspecified atom stereocenters. The molecule has 0 saturated heterocycles. The maximum absolute atomic E-state index is 8.79. The Bertz CT molecular complexity index is 331. The van der Waals surface area contributed by atoms with Gasteiger partial charge in [-0.2, -0.15) is 5.26 Å². The van der Waals surface area contributed by atoms with E-state index in [0.717, 1.165) is 5.69 Å². The molecule has 0 aliphatic rings. The van der Waals surface area contributed by atoms with E-state index in [9.17, 15) is 0 Å². The zero-order valence-corrected chi connectivity index (χ0v) is 8.13. The van der Waals surface area contributed by atoms with Crippen LogP contribution in [0.15, 0.2) is 18.5 Å². The molecule has 1 aromatic rings. The molecule has 0 saturated carbocycles. The molecule has 13 heavy (non-hydrogen) atoms. The number of nitriles is 1. The predicted molar refractivity (Wildman–Crippen MR) is 52.3 cm³/mol. The maximum Gasteiger partial charge on any atom is 0.103 e. The number of aromatic nitrogens is 1. The van der Waals surface area contributed by atoms with Crippen molar-refractivity contribution in [3.8, 4) is 6.07 Å². The molecule has 1 rings (SSSR count). The van der Waals surface area contributed by atoms with Crippen LogP contribution in [0.1, 0.15) is 26.3 Å². The molecule has 3 heteroatoms.